The van der Waals surface area contributed by atoms with E-state index in [4.69, 9.17) is 17.2 Å². The predicted octanol–water partition coefficient (Wildman–Crippen LogP) is 4.43. The summed E-state index contributed by atoms with van der Waals surface area (Å²) in [6.45, 7) is 2.89. The molecule has 0 fully saturated rings. The van der Waals surface area contributed by atoms with Gasteiger partial charge in [-0.15, -0.1) is 0 Å². The molecular formula is C24H28N4OS. The number of hydrogen-bond donors (Lipinski definition) is 2. The zero-order valence-corrected chi connectivity index (χ0v) is 18.2. The SMILES string of the molecule is C[C@H](CCc1ccccc1)NC(=S)Nc1ccc2nc3n(c(=O)c2c1)CCCCC3. The summed E-state index contributed by atoms with van der Waals surface area (Å²) >= 11 is 5.49. The standard InChI is InChI=1S/C24H28N4OS/c1-17(11-12-18-8-4-2-5-9-18)25-24(30)26-19-13-14-21-20(16-19)23(29)28-15-7-3-6-10-22(28)27-21/h2,4-5,8-9,13-14,16-17H,3,6-7,10-12,15H2,1H3,(H2,25,26,30)/t17-/m1/s1. The third kappa shape index (κ3) is 4.87. The Kier molecular flexibility index (Phi) is 6.43. The molecule has 1 aliphatic heterocycles. The summed E-state index contributed by atoms with van der Waals surface area (Å²) < 4.78 is 1.85. The Bertz CT molecular complexity index is 1090. The Balaban J connectivity index is 1.42. The van der Waals surface area contributed by atoms with E-state index >= 15 is 0 Å². The molecule has 30 heavy (non-hydrogen) atoms. The second-order valence-electron chi connectivity index (χ2n) is 8.05. The van der Waals surface area contributed by atoms with Gasteiger partial charge in [-0.05, 0) is 68.6 Å². The topological polar surface area (TPSA) is 59.0 Å². The summed E-state index contributed by atoms with van der Waals surface area (Å²) in [5.41, 5.74) is 2.94. The van der Waals surface area contributed by atoms with Crippen LogP contribution in [0.5, 0.6) is 0 Å². The number of nitrogens with zero attached hydrogens (tertiary/aromatic N) is 2. The minimum atomic E-state index is 0.0515. The van der Waals surface area contributed by atoms with E-state index in [1.807, 2.05) is 28.8 Å². The maximum absolute atomic E-state index is 13.0. The smallest absolute Gasteiger partial charge is 0.261 e. The molecule has 0 saturated heterocycles. The lowest BCUT2D eigenvalue weighted by atomic mass is 10.1. The third-order valence-corrected chi connectivity index (χ3v) is 5.88. The minimum absolute atomic E-state index is 0.0515. The summed E-state index contributed by atoms with van der Waals surface area (Å²) in [6, 6.07) is 16.4. The number of hydrogen-bond acceptors (Lipinski definition) is 3. The van der Waals surface area contributed by atoms with Crippen molar-refractivity contribution in [3.05, 3.63) is 70.3 Å². The Morgan fingerprint density at radius 3 is 2.83 bits per heavy atom. The van der Waals surface area contributed by atoms with E-state index in [-0.39, 0.29) is 11.6 Å². The van der Waals surface area contributed by atoms with E-state index in [1.54, 1.807) is 0 Å². The molecule has 0 amide bonds. The van der Waals surface area contributed by atoms with Gasteiger partial charge in [0.25, 0.3) is 5.56 Å². The van der Waals surface area contributed by atoms with E-state index in [2.05, 4.69) is 41.8 Å². The van der Waals surface area contributed by atoms with Gasteiger partial charge in [0.2, 0.25) is 0 Å². The second-order valence-corrected chi connectivity index (χ2v) is 8.46. The number of thiocarbonyl (C=S) groups is 1. The van der Waals surface area contributed by atoms with Gasteiger partial charge in [-0.25, -0.2) is 4.98 Å². The van der Waals surface area contributed by atoms with Crippen molar-refractivity contribution in [3.63, 3.8) is 0 Å². The molecule has 0 saturated carbocycles. The van der Waals surface area contributed by atoms with Gasteiger partial charge in [-0.3, -0.25) is 9.36 Å². The van der Waals surface area contributed by atoms with Crippen LogP contribution >= 0.6 is 12.2 Å². The highest BCUT2D eigenvalue weighted by atomic mass is 32.1. The molecule has 2 heterocycles. The number of benzene rings is 2. The van der Waals surface area contributed by atoms with Crippen LogP contribution in [0.1, 0.15) is 44.0 Å². The van der Waals surface area contributed by atoms with Crippen molar-refractivity contribution in [1.82, 2.24) is 14.9 Å². The lowest BCUT2D eigenvalue weighted by Crippen LogP contribution is -2.36. The van der Waals surface area contributed by atoms with Gasteiger partial charge < -0.3 is 10.6 Å². The zero-order chi connectivity index (χ0) is 20.9. The normalized spacial score (nSPS) is 14.6. The largest absolute Gasteiger partial charge is 0.360 e. The van der Waals surface area contributed by atoms with Crippen LogP contribution in [-0.2, 0) is 19.4 Å². The molecule has 2 N–H and O–H groups in total. The fourth-order valence-corrected chi connectivity index (χ4v) is 4.31. The van der Waals surface area contributed by atoms with Gasteiger partial charge in [-0.2, -0.15) is 0 Å². The average molecular weight is 421 g/mol. The van der Waals surface area contributed by atoms with E-state index in [0.29, 0.717) is 10.5 Å². The fraction of sp³-hybridized carbons (Fsp3) is 0.375. The van der Waals surface area contributed by atoms with Crippen LogP contribution in [-0.4, -0.2) is 20.7 Å². The quantitative estimate of drug-likeness (QED) is 0.598. The molecule has 1 aliphatic rings. The van der Waals surface area contributed by atoms with Crippen molar-refractivity contribution in [1.29, 1.82) is 0 Å². The van der Waals surface area contributed by atoms with Crippen LogP contribution < -0.4 is 16.2 Å². The molecule has 4 rings (SSSR count). The maximum atomic E-state index is 13.0. The van der Waals surface area contributed by atoms with Crippen LogP contribution in [0, 0.1) is 0 Å². The van der Waals surface area contributed by atoms with Crippen molar-refractivity contribution in [2.45, 2.75) is 58.0 Å². The van der Waals surface area contributed by atoms with Crippen LogP contribution in [0.2, 0.25) is 0 Å². The molecule has 6 heteroatoms. The molecular weight excluding hydrogens is 392 g/mol. The third-order valence-electron chi connectivity index (χ3n) is 5.66. The summed E-state index contributed by atoms with van der Waals surface area (Å²) in [4.78, 5) is 17.8. The molecule has 0 spiro atoms. The van der Waals surface area contributed by atoms with E-state index in [1.165, 1.54) is 5.56 Å². The first-order valence-corrected chi connectivity index (χ1v) is 11.2. The van der Waals surface area contributed by atoms with E-state index in [0.717, 1.165) is 62.1 Å². The Hall–Kier alpha value is -2.73. The summed E-state index contributed by atoms with van der Waals surface area (Å²) in [7, 11) is 0. The van der Waals surface area contributed by atoms with Crippen molar-refractivity contribution in [2.24, 2.45) is 0 Å². The highest BCUT2D eigenvalue weighted by Gasteiger charge is 2.14. The summed E-state index contributed by atoms with van der Waals surface area (Å²) in [6.07, 6.45) is 6.14. The molecule has 3 aromatic rings. The highest BCUT2D eigenvalue weighted by molar-refractivity contribution is 7.80. The predicted molar refractivity (Wildman–Crippen MR) is 127 cm³/mol. The zero-order valence-electron chi connectivity index (χ0n) is 17.4. The molecule has 0 unspecified atom stereocenters. The number of aryl methyl sites for hydroxylation is 2. The number of anilines is 1. The molecule has 5 nitrogen and oxygen atoms in total. The van der Waals surface area contributed by atoms with E-state index < -0.39 is 0 Å². The van der Waals surface area contributed by atoms with Crippen molar-refractivity contribution < 1.29 is 0 Å². The summed E-state index contributed by atoms with van der Waals surface area (Å²) in [5, 5.41) is 7.78. The lowest BCUT2D eigenvalue weighted by molar-refractivity contribution is 0.609. The number of aromatic nitrogens is 2. The minimum Gasteiger partial charge on any atom is -0.360 e. The Morgan fingerprint density at radius 1 is 1.17 bits per heavy atom. The average Bonchev–Trinajstić information content (AvgIpc) is 2.99. The monoisotopic (exact) mass is 420 g/mol. The van der Waals surface area contributed by atoms with E-state index in [9.17, 15) is 4.79 Å². The van der Waals surface area contributed by atoms with Crippen molar-refractivity contribution in [2.75, 3.05) is 5.32 Å². The van der Waals surface area contributed by atoms with Gasteiger partial charge in [0.05, 0.1) is 10.9 Å². The van der Waals surface area contributed by atoms with Gasteiger partial charge in [0, 0.05) is 24.7 Å². The summed E-state index contributed by atoms with van der Waals surface area (Å²) in [5.74, 6) is 0.912. The first-order chi connectivity index (χ1) is 14.6. The molecule has 0 aliphatic carbocycles. The van der Waals surface area contributed by atoms with Crippen molar-refractivity contribution >= 4 is 33.9 Å². The molecule has 156 valence electrons. The fourth-order valence-electron chi connectivity index (χ4n) is 3.99. The van der Waals surface area contributed by atoms with Crippen LogP contribution in [0.15, 0.2) is 53.3 Å². The van der Waals surface area contributed by atoms with Crippen molar-refractivity contribution in [3.8, 4) is 0 Å². The molecule has 0 radical (unpaired) electrons. The first-order valence-electron chi connectivity index (χ1n) is 10.7. The van der Waals surface area contributed by atoms with Crippen LogP contribution in [0.25, 0.3) is 10.9 Å². The van der Waals surface area contributed by atoms with Gasteiger partial charge in [0.1, 0.15) is 5.82 Å². The van der Waals surface area contributed by atoms with Gasteiger partial charge in [0.15, 0.2) is 5.11 Å². The first kappa shape index (κ1) is 20.5. The second kappa shape index (κ2) is 9.39. The lowest BCUT2D eigenvalue weighted by Gasteiger charge is -2.17. The highest BCUT2D eigenvalue weighted by Crippen LogP contribution is 2.18. The number of rotatable bonds is 5. The Morgan fingerprint density at radius 2 is 2.00 bits per heavy atom. The number of nitrogens with one attached hydrogen (secondary N) is 2. The van der Waals surface area contributed by atoms with Crippen LogP contribution in [0.4, 0.5) is 5.69 Å². The van der Waals surface area contributed by atoms with Gasteiger partial charge >= 0.3 is 0 Å². The van der Waals surface area contributed by atoms with Crippen LogP contribution in [0.3, 0.4) is 0 Å². The van der Waals surface area contributed by atoms with Gasteiger partial charge in [-0.1, -0.05) is 36.8 Å². The molecule has 2 aromatic carbocycles. The maximum Gasteiger partial charge on any atom is 0.261 e. The molecule has 0 bridgehead atoms. The number of fused-ring (bicyclic) bond motifs is 2. The molecule has 1 aromatic heterocycles. The Labute approximate surface area is 182 Å². The molecule has 1 atom stereocenters.